The predicted octanol–water partition coefficient (Wildman–Crippen LogP) is 6.55. The molecule has 0 radical (unpaired) electrons. The molecule has 0 saturated heterocycles. The van der Waals surface area contributed by atoms with Crippen LogP contribution in [-0.2, 0) is 12.2 Å². The molecule has 3 heterocycles. The number of halogens is 4. The fraction of sp³-hybridized carbons (Fsp3) is 0.194. The molecule has 2 aliphatic rings. The van der Waals surface area contributed by atoms with E-state index in [9.17, 15) is 8.78 Å². The summed E-state index contributed by atoms with van der Waals surface area (Å²) in [6.45, 7) is 1.64. The molecule has 0 N–H and O–H groups in total. The van der Waals surface area contributed by atoms with Crippen LogP contribution in [0.3, 0.4) is 0 Å². The first-order chi connectivity index (χ1) is 18.9. The molecular formula is C31H23F4N4+3. The molecule has 5 rings (SSSR count). The quantitative estimate of drug-likeness (QED) is 0.214. The molecule has 0 bridgehead atoms. The van der Waals surface area contributed by atoms with Gasteiger partial charge in [-0.2, -0.15) is 4.57 Å². The highest BCUT2D eigenvalue weighted by atomic mass is 19.1. The minimum Gasteiger partial charge on any atom is -0.284 e. The molecule has 0 amide bonds. The van der Waals surface area contributed by atoms with Gasteiger partial charge in [-0.15, -0.1) is 0 Å². The fourth-order valence-electron chi connectivity index (χ4n) is 5.22. The van der Waals surface area contributed by atoms with Gasteiger partial charge in [0.25, 0.3) is 25.7 Å². The van der Waals surface area contributed by atoms with E-state index >= 15 is 8.78 Å². The lowest BCUT2D eigenvalue weighted by Crippen LogP contribution is -2.51. The molecule has 0 fully saturated rings. The van der Waals surface area contributed by atoms with Gasteiger partial charge < -0.3 is 0 Å². The van der Waals surface area contributed by atoms with Gasteiger partial charge in [0.1, 0.15) is 29.7 Å². The van der Waals surface area contributed by atoms with E-state index in [4.69, 9.17) is 0 Å². The third-order valence-corrected chi connectivity index (χ3v) is 6.69. The van der Waals surface area contributed by atoms with Crippen LogP contribution in [0.25, 0.3) is 20.9 Å². The van der Waals surface area contributed by atoms with Gasteiger partial charge in [0.15, 0.2) is 6.20 Å². The Bertz CT molecular complexity index is 1730. The van der Waals surface area contributed by atoms with Crippen LogP contribution in [0, 0.1) is 47.2 Å². The zero-order chi connectivity index (χ0) is 27.6. The van der Waals surface area contributed by atoms with Crippen molar-refractivity contribution >= 4 is 0 Å². The van der Waals surface area contributed by atoms with Gasteiger partial charge in [0.2, 0.25) is 5.69 Å². The van der Waals surface area contributed by atoms with Gasteiger partial charge >= 0.3 is 5.66 Å². The second-order valence-corrected chi connectivity index (χ2v) is 8.96. The van der Waals surface area contributed by atoms with Gasteiger partial charge in [-0.25, -0.2) is 17.6 Å². The van der Waals surface area contributed by atoms with Crippen molar-refractivity contribution in [1.82, 2.24) is 4.90 Å². The molecule has 192 valence electrons. The van der Waals surface area contributed by atoms with Gasteiger partial charge in [-0.1, -0.05) is 28.8 Å². The van der Waals surface area contributed by atoms with Crippen molar-refractivity contribution in [1.29, 1.82) is 0 Å². The first-order valence-electron chi connectivity index (χ1n) is 12.2. The Labute approximate surface area is 223 Å². The van der Waals surface area contributed by atoms with Gasteiger partial charge in [0, 0.05) is 41.6 Å². The summed E-state index contributed by atoms with van der Waals surface area (Å²) in [7, 11) is 1.56. The normalized spacial score (nSPS) is 18.2. The van der Waals surface area contributed by atoms with E-state index in [1.54, 1.807) is 61.3 Å². The van der Waals surface area contributed by atoms with Gasteiger partial charge in [-0.3, -0.25) is 4.90 Å². The topological polar surface area (TPSA) is 15.8 Å². The molecule has 8 heteroatoms. The highest BCUT2D eigenvalue weighted by molar-refractivity contribution is 5.67. The third kappa shape index (κ3) is 4.54. The van der Waals surface area contributed by atoms with Crippen molar-refractivity contribution in [2.45, 2.75) is 31.6 Å². The van der Waals surface area contributed by atoms with E-state index in [2.05, 4.69) is 33.7 Å². The Morgan fingerprint density at radius 1 is 1.03 bits per heavy atom. The number of pyridine rings is 1. The maximum atomic E-state index is 15.4. The second kappa shape index (κ2) is 10.5. The van der Waals surface area contributed by atoms with Gasteiger partial charge in [-0.05, 0) is 29.1 Å². The minimum atomic E-state index is -1.31. The van der Waals surface area contributed by atoms with E-state index in [0.717, 1.165) is 12.1 Å². The standard InChI is InChI=1S/C31H23F4N4/c1-3-37-31(24-17-23(33)19-26(35)30(24)28-12-6-9-15-39(28)31)20-38-14-8-5-11-27(38)29-21(10-4-7-13-36-2)16-22(32)18-25(29)34/h5-6,8-9,11-12,14-19,28H,7,20H2,1-2H3/q+3. The molecule has 2 atom stereocenters. The van der Waals surface area contributed by atoms with Crippen LogP contribution in [0.1, 0.15) is 36.1 Å². The summed E-state index contributed by atoms with van der Waals surface area (Å²) in [4.78, 5) is 10.2. The van der Waals surface area contributed by atoms with Crippen LogP contribution in [0.15, 0.2) is 73.1 Å². The number of rotatable bonds is 3. The zero-order valence-corrected chi connectivity index (χ0v) is 21.2. The number of hydrogen-bond donors (Lipinski definition) is 0. The Morgan fingerprint density at radius 2 is 1.82 bits per heavy atom. The smallest absolute Gasteiger partial charge is 0.284 e. The Hall–Kier alpha value is -4.87. The minimum absolute atomic E-state index is 0.0363. The average Bonchev–Trinajstić information content (AvgIpc) is 3.17. The van der Waals surface area contributed by atoms with Crippen LogP contribution in [0.5, 0.6) is 0 Å². The zero-order valence-electron chi connectivity index (χ0n) is 21.2. The van der Waals surface area contributed by atoms with Crippen molar-refractivity contribution in [2.24, 2.45) is 0 Å². The number of nitrogens with zero attached hydrogens (tertiary/aromatic N) is 4. The van der Waals surface area contributed by atoms with Crippen LogP contribution >= 0.6 is 0 Å². The number of fused-ring (bicyclic) bond motifs is 3. The maximum absolute atomic E-state index is 15.4. The van der Waals surface area contributed by atoms with Crippen molar-refractivity contribution < 1.29 is 22.1 Å². The SMILES string of the molecule is CC#[N+]C1(C[n+]2ccccc2-c2c(F)cc(F)cc2C#CCC#[N+]C)c2cc(F)cc(F)c2C2C=CC=CN21. The molecule has 0 aliphatic carbocycles. The number of allylic oxidation sites excluding steroid dienone is 2. The molecule has 0 saturated carbocycles. The largest absolute Gasteiger partial charge is 0.440 e. The molecule has 0 spiro atoms. The van der Waals surface area contributed by atoms with Crippen molar-refractivity contribution in [3.05, 3.63) is 123 Å². The summed E-state index contributed by atoms with van der Waals surface area (Å²) in [6.07, 6.45) is 9.07. The average molecular weight is 528 g/mol. The van der Waals surface area contributed by atoms with Crippen molar-refractivity contribution in [3.8, 4) is 35.2 Å². The summed E-state index contributed by atoms with van der Waals surface area (Å²) in [5, 5.41) is 0. The second-order valence-electron chi connectivity index (χ2n) is 8.96. The summed E-state index contributed by atoms with van der Waals surface area (Å²) in [6, 6.07) is 14.2. The Balaban J connectivity index is 1.72. The summed E-state index contributed by atoms with van der Waals surface area (Å²) < 4.78 is 61.2. The third-order valence-electron chi connectivity index (χ3n) is 6.69. The molecule has 2 aliphatic heterocycles. The summed E-state index contributed by atoms with van der Waals surface area (Å²) >= 11 is 0. The number of benzene rings is 2. The molecule has 39 heavy (non-hydrogen) atoms. The van der Waals surface area contributed by atoms with Crippen LogP contribution in [-0.4, -0.2) is 11.9 Å². The molecule has 3 aromatic rings. The molecule has 2 unspecified atom stereocenters. The highest BCUT2D eigenvalue weighted by Gasteiger charge is 2.62. The number of aromatic nitrogens is 1. The first-order valence-corrected chi connectivity index (χ1v) is 12.2. The lowest BCUT2D eigenvalue weighted by molar-refractivity contribution is -0.696. The van der Waals surface area contributed by atoms with Gasteiger partial charge in [0.05, 0.1) is 24.1 Å². The molecule has 4 nitrogen and oxygen atoms in total. The highest BCUT2D eigenvalue weighted by Crippen LogP contribution is 2.51. The number of hydrogen-bond acceptors (Lipinski definition) is 1. The maximum Gasteiger partial charge on any atom is 0.440 e. The summed E-state index contributed by atoms with van der Waals surface area (Å²) in [5.41, 5.74) is -0.0422. The van der Waals surface area contributed by atoms with E-state index in [0.29, 0.717) is 16.8 Å². The van der Waals surface area contributed by atoms with E-state index in [-0.39, 0.29) is 24.1 Å². The fourth-order valence-corrected chi connectivity index (χ4v) is 5.22. The van der Waals surface area contributed by atoms with E-state index in [1.807, 2.05) is 11.0 Å². The van der Waals surface area contributed by atoms with E-state index in [1.165, 1.54) is 12.1 Å². The van der Waals surface area contributed by atoms with Crippen LogP contribution < -0.4 is 4.57 Å². The lowest BCUT2D eigenvalue weighted by Gasteiger charge is -2.27. The Kier molecular flexibility index (Phi) is 6.92. The van der Waals surface area contributed by atoms with Crippen LogP contribution in [0.4, 0.5) is 17.6 Å². The molecule has 2 aromatic carbocycles. The predicted molar refractivity (Wildman–Crippen MR) is 140 cm³/mol. The molecule has 1 aromatic heterocycles. The van der Waals surface area contributed by atoms with Crippen molar-refractivity contribution in [3.63, 3.8) is 0 Å². The lowest BCUT2D eigenvalue weighted by atomic mass is 9.96. The summed E-state index contributed by atoms with van der Waals surface area (Å²) in [5.74, 6) is 2.67. The first kappa shape index (κ1) is 25.8. The Morgan fingerprint density at radius 3 is 2.62 bits per heavy atom. The van der Waals surface area contributed by atoms with Crippen LogP contribution in [0.2, 0.25) is 0 Å². The van der Waals surface area contributed by atoms with Crippen molar-refractivity contribution in [2.75, 3.05) is 7.05 Å². The monoisotopic (exact) mass is 527 g/mol. The molecular weight excluding hydrogens is 504 g/mol. The van der Waals surface area contributed by atoms with E-state index < -0.39 is 35.0 Å².